The molecule has 2 aliphatic rings. The van der Waals surface area contributed by atoms with Gasteiger partial charge in [0.1, 0.15) is 0 Å². The van der Waals surface area contributed by atoms with E-state index < -0.39 is 10.0 Å². The molecule has 7 nitrogen and oxygen atoms in total. The van der Waals surface area contributed by atoms with Crippen LogP contribution in [0.15, 0.2) is 24.3 Å². The van der Waals surface area contributed by atoms with Gasteiger partial charge in [0, 0.05) is 37.3 Å². The normalized spacial score (nSPS) is 21.0. The van der Waals surface area contributed by atoms with Crippen LogP contribution in [0.25, 0.3) is 0 Å². The fraction of sp³-hybridized carbons (Fsp3) is 0.632. The summed E-state index contributed by atoms with van der Waals surface area (Å²) in [6, 6.07) is 7.77. The Bertz CT molecular complexity index is 756. The highest BCUT2D eigenvalue weighted by Crippen LogP contribution is 2.35. The first-order chi connectivity index (χ1) is 12.8. The zero-order valence-electron chi connectivity index (χ0n) is 16.1. The molecule has 2 fully saturated rings. The molecule has 1 N–H and O–H groups in total. The third-order valence-corrected chi connectivity index (χ3v) is 6.85. The Morgan fingerprint density at radius 1 is 1.19 bits per heavy atom. The van der Waals surface area contributed by atoms with Gasteiger partial charge in [0.25, 0.3) is 0 Å². The van der Waals surface area contributed by atoms with Gasteiger partial charge in [0.2, 0.25) is 10.0 Å². The summed E-state index contributed by atoms with van der Waals surface area (Å²) in [5.41, 5.74) is 1.81. The molecule has 1 aromatic carbocycles. The van der Waals surface area contributed by atoms with Gasteiger partial charge in [-0.15, -0.1) is 0 Å². The fourth-order valence-corrected chi connectivity index (χ4v) is 4.66. The summed E-state index contributed by atoms with van der Waals surface area (Å²) in [6.07, 6.45) is 3.69. The maximum Gasteiger partial charge on any atom is 0.321 e. The van der Waals surface area contributed by atoms with Crippen LogP contribution < -0.4 is 5.32 Å². The molecule has 0 bridgehead atoms. The summed E-state index contributed by atoms with van der Waals surface area (Å²) in [5.74, 6) is 0. The number of aryl methyl sites for hydroxylation is 1. The lowest BCUT2D eigenvalue weighted by Gasteiger charge is -2.42. The highest BCUT2D eigenvalue weighted by molar-refractivity contribution is 7.88. The molecular weight excluding hydrogens is 366 g/mol. The Balaban J connectivity index is 1.59. The van der Waals surface area contributed by atoms with E-state index in [0.29, 0.717) is 39.4 Å². The predicted octanol–water partition coefficient (Wildman–Crippen LogP) is 2.15. The van der Waals surface area contributed by atoms with E-state index in [2.05, 4.69) is 12.2 Å². The zero-order valence-corrected chi connectivity index (χ0v) is 16.9. The molecule has 0 aliphatic carbocycles. The fourth-order valence-electron chi connectivity index (χ4n) is 3.75. The second kappa shape index (κ2) is 8.16. The summed E-state index contributed by atoms with van der Waals surface area (Å²) >= 11 is 0. The number of nitrogens with one attached hydrogen (secondary N) is 1. The molecule has 8 heteroatoms. The molecule has 2 heterocycles. The highest BCUT2D eigenvalue weighted by Gasteiger charge is 2.41. The monoisotopic (exact) mass is 395 g/mol. The minimum Gasteiger partial charge on any atom is -0.379 e. The van der Waals surface area contributed by atoms with Crippen LogP contribution in [0.3, 0.4) is 0 Å². The van der Waals surface area contributed by atoms with Crippen molar-refractivity contribution in [3.05, 3.63) is 29.8 Å². The predicted molar refractivity (Wildman–Crippen MR) is 105 cm³/mol. The summed E-state index contributed by atoms with van der Waals surface area (Å²) < 4.78 is 31.2. The van der Waals surface area contributed by atoms with E-state index in [1.807, 2.05) is 24.3 Å². The second-order valence-electron chi connectivity index (χ2n) is 7.62. The molecular formula is C19H29N3O4S. The van der Waals surface area contributed by atoms with Gasteiger partial charge in [0.15, 0.2) is 0 Å². The number of likely N-dealkylation sites (tertiary alicyclic amines) is 1. The van der Waals surface area contributed by atoms with Crippen LogP contribution in [0.5, 0.6) is 0 Å². The quantitative estimate of drug-likeness (QED) is 0.851. The average Bonchev–Trinajstić information content (AvgIpc) is 2.86. The zero-order chi connectivity index (χ0) is 19.5. The number of hydrogen-bond acceptors (Lipinski definition) is 4. The Kier molecular flexibility index (Phi) is 6.08. The molecule has 0 radical (unpaired) electrons. The molecule has 0 unspecified atom stereocenters. The van der Waals surface area contributed by atoms with Gasteiger partial charge in [-0.2, -0.15) is 4.31 Å². The molecule has 1 aromatic rings. The van der Waals surface area contributed by atoms with Crippen LogP contribution in [0, 0.1) is 5.41 Å². The van der Waals surface area contributed by atoms with Crippen molar-refractivity contribution >= 4 is 21.7 Å². The Hall–Kier alpha value is -1.64. The van der Waals surface area contributed by atoms with Crippen molar-refractivity contribution in [3.8, 4) is 0 Å². The number of nitrogens with zero attached hydrogens (tertiary/aromatic N) is 2. The number of urea groups is 1. The van der Waals surface area contributed by atoms with Crippen molar-refractivity contribution in [1.82, 2.24) is 9.21 Å². The first-order valence-corrected chi connectivity index (χ1v) is 11.3. The molecule has 1 spiro atoms. The Labute approximate surface area is 161 Å². The van der Waals surface area contributed by atoms with E-state index in [9.17, 15) is 13.2 Å². The third-order valence-electron chi connectivity index (χ3n) is 5.60. The molecule has 2 amide bonds. The molecule has 0 aromatic heterocycles. The van der Waals surface area contributed by atoms with Crippen LogP contribution in [0.1, 0.15) is 25.3 Å². The number of carbonyl (C=O) groups is 1. The lowest BCUT2D eigenvalue weighted by molar-refractivity contribution is 0.0282. The van der Waals surface area contributed by atoms with Gasteiger partial charge in [0.05, 0.1) is 19.5 Å². The number of piperidine rings is 1. The van der Waals surface area contributed by atoms with Crippen molar-refractivity contribution in [2.24, 2.45) is 5.41 Å². The molecule has 0 saturated carbocycles. The van der Waals surface area contributed by atoms with Crippen molar-refractivity contribution in [1.29, 1.82) is 0 Å². The maximum absolute atomic E-state index is 12.6. The topological polar surface area (TPSA) is 79.0 Å². The molecule has 0 atom stereocenters. The number of carbonyl (C=O) groups excluding carboxylic acids is 1. The summed E-state index contributed by atoms with van der Waals surface area (Å²) in [4.78, 5) is 14.4. The third kappa shape index (κ3) is 5.00. The van der Waals surface area contributed by atoms with Crippen LogP contribution in [-0.4, -0.2) is 69.3 Å². The number of sulfonamides is 1. The van der Waals surface area contributed by atoms with E-state index in [-0.39, 0.29) is 11.4 Å². The Morgan fingerprint density at radius 2 is 1.85 bits per heavy atom. The summed E-state index contributed by atoms with van der Waals surface area (Å²) in [6.45, 7) is 5.14. The van der Waals surface area contributed by atoms with Gasteiger partial charge in [-0.1, -0.05) is 19.1 Å². The van der Waals surface area contributed by atoms with Crippen LogP contribution in [0.2, 0.25) is 0 Å². The number of amides is 2. The smallest absolute Gasteiger partial charge is 0.321 e. The van der Waals surface area contributed by atoms with E-state index in [1.54, 1.807) is 4.90 Å². The van der Waals surface area contributed by atoms with Crippen molar-refractivity contribution in [2.75, 3.05) is 51.0 Å². The highest BCUT2D eigenvalue weighted by atomic mass is 32.2. The van der Waals surface area contributed by atoms with E-state index >= 15 is 0 Å². The van der Waals surface area contributed by atoms with Gasteiger partial charge in [-0.3, -0.25) is 0 Å². The lowest BCUT2D eigenvalue weighted by Crippen LogP contribution is -2.50. The molecule has 2 saturated heterocycles. The first kappa shape index (κ1) is 20.1. The van der Waals surface area contributed by atoms with E-state index in [4.69, 9.17) is 4.74 Å². The second-order valence-corrected chi connectivity index (χ2v) is 9.60. The Morgan fingerprint density at radius 3 is 2.44 bits per heavy atom. The minimum absolute atomic E-state index is 0.108. The SMILES string of the molecule is CCc1ccc(NC(=O)N2CCC3(CC2)COCCN(S(C)(=O)=O)C3)cc1. The lowest BCUT2D eigenvalue weighted by atomic mass is 9.79. The van der Waals surface area contributed by atoms with Crippen LogP contribution in [-0.2, 0) is 21.2 Å². The van der Waals surface area contributed by atoms with E-state index in [0.717, 1.165) is 24.9 Å². The van der Waals surface area contributed by atoms with Crippen LogP contribution >= 0.6 is 0 Å². The molecule has 150 valence electrons. The minimum atomic E-state index is -3.24. The number of rotatable bonds is 3. The first-order valence-electron chi connectivity index (χ1n) is 9.49. The van der Waals surface area contributed by atoms with Gasteiger partial charge >= 0.3 is 6.03 Å². The molecule has 27 heavy (non-hydrogen) atoms. The van der Waals surface area contributed by atoms with Crippen molar-refractivity contribution < 1.29 is 17.9 Å². The molecule has 3 rings (SSSR count). The molecule has 2 aliphatic heterocycles. The van der Waals surface area contributed by atoms with E-state index in [1.165, 1.54) is 16.1 Å². The number of hydrogen-bond donors (Lipinski definition) is 1. The summed E-state index contributed by atoms with van der Waals surface area (Å²) in [5, 5.41) is 2.95. The number of benzene rings is 1. The van der Waals surface area contributed by atoms with Gasteiger partial charge in [-0.05, 0) is 37.0 Å². The summed E-state index contributed by atoms with van der Waals surface area (Å²) in [7, 11) is -3.24. The van der Waals surface area contributed by atoms with Crippen molar-refractivity contribution in [3.63, 3.8) is 0 Å². The van der Waals surface area contributed by atoms with Gasteiger partial charge < -0.3 is 15.0 Å². The van der Waals surface area contributed by atoms with Crippen LogP contribution in [0.4, 0.5) is 10.5 Å². The standard InChI is InChI=1S/C19H29N3O4S/c1-3-16-4-6-17(7-5-16)20-18(23)21-10-8-19(9-11-21)14-22(27(2,24)25)12-13-26-15-19/h4-7H,3,8-15H2,1-2H3,(H,20,23). The largest absolute Gasteiger partial charge is 0.379 e. The maximum atomic E-state index is 12.6. The number of ether oxygens (including phenoxy) is 1. The average molecular weight is 396 g/mol. The van der Waals surface area contributed by atoms with Gasteiger partial charge in [-0.25, -0.2) is 13.2 Å². The van der Waals surface area contributed by atoms with Crippen molar-refractivity contribution in [2.45, 2.75) is 26.2 Å². The number of anilines is 1.